The van der Waals surface area contributed by atoms with E-state index in [0.29, 0.717) is 31.7 Å². The molecule has 0 aliphatic carbocycles. The maximum Gasteiger partial charge on any atom is 0.243 e. The van der Waals surface area contributed by atoms with Gasteiger partial charge < -0.3 is 4.74 Å². The molecule has 0 unspecified atom stereocenters. The van der Waals surface area contributed by atoms with Crippen LogP contribution in [-0.2, 0) is 14.8 Å². The molecule has 0 bridgehead atoms. The minimum atomic E-state index is -3.65. The third kappa shape index (κ3) is 2.97. The number of halogens is 1. The normalized spacial score (nSPS) is 27.3. The van der Waals surface area contributed by atoms with Crippen molar-refractivity contribution < 1.29 is 17.5 Å². The summed E-state index contributed by atoms with van der Waals surface area (Å²) in [5.41, 5.74) is 0.614. The van der Waals surface area contributed by atoms with E-state index in [2.05, 4.69) is 0 Å². The van der Waals surface area contributed by atoms with Crippen molar-refractivity contribution in [2.24, 2.45) is 0 Å². The molecule has 0 saturated carbocycles. The molecule has 2 heterocycles. The first kappa shape index (κ1) is 15.3. The molecule has 3 rings (SSSR count). The summed E-state index contributed by atoms with van der Waals surface area (Å²) in [5.74, 6) is 0.237. The Kier molecular flexibility index (Phi) is 4.27. The Bertz CT molecular complexity index is 613. The number of benzene rings is 1. The molecule has 2 atom stereocenters. The van der Waals surface area contributed by atoms with Gasteiger partial charge in [0.25, 0.3) is 0 Å². The fraction of sp³-hybridized carbons (Fsp3) is 0.571. The van der Waals surface area contributed by atoms with Gasteiger partial charge in [0, 0.05) is 30.2 Å². The Morgan fingerprint density at radius 2 is 2.19 bits per heavy atom. The molecule has 2 saturated heterocycles. The maximum atomic E-state index is 13.6. The Hall–Kier alpha value is -0.630. The van der Waals surface area contributed by atoms with Crippen LogP contribution < -0.4 is 0 Å². The SMILES string of the molecule is Cc1cc(F)cc(S(=O)(=O)N2CCS[C@H]3COCC[C@H]32)c1. The second kappa shape index (κ2) is 5.87. The molecule has 2 aliphatic rings. The lowest BCUT2D eigenvalue weighted by molar-refractivity contribution is 0.0625. The second-order valence-electron chi connectivity index (χ2n) is 5.42. The van der Waals surface area contributed by atoms with Crippen LogP contribution in [-0.4, -0.2) is 49.5 Å². The van der Waals surface area contributed by atoms with Crippen LogP contribution >= 0.6 is 11.8 Å². The van der Waals surface area contributed by atoms with E-state index in [9.17, 15) is 12.8 Å². The van der Waals surface area contributed by atoms with Gasteiger partial charge in [-0.3, -0.25) is 0 Å². The van der Waals surface area contributed by atoms with Crippen LogP contribution in [0, 0.1) is 12.7 Å². The van der Waals surface area contributed by atoms with E-state index >= 15 is 0 Å². The van der Waals surface area contributed by atoms with Crippen LogP contribution in [0.25, 0.3) is 0 Å². The summed E-state index contributed by atoms with van der Waals surface area (Å²) >= 11 is 1.76. The summed E-state index contributed by atoms with van der Waals surface area (Å²) in [5, 5.41) is 0.178. The third-order valence-corrected chi connectivity index (χ3v) is 7.10. The topological polar surface area (TPSA) is 46.6 Å². The van der Waals surface area contributed by atoms with Crippen LogP contribution in [0.2, 0.25) is 0 Å². The molecule has 4 nitrogen and oxygen atoms in total. The van der Waals surface area contributed by atoms with Gasteiger partial charge in [-0.15, -0.1) is 0 Å². The Balaban J connectivity index is 1.96. The minimum Gasteiger partial charge on any atom is -0.380 e. The zero-order valence-electron chi connectivity index (χ0n) is 11.8. The van der Waals surface area contributed by atoms with Crippen molar-refractivity contribution in [1.82, 2.24) is 4.31 Å². The summed E-state index contributed by atoms with van der Waals surface area (Å²) in [7, 11) is -3.65. The number of rotatable bonds is 2. The summed E-state index contributed by atoms with van der Waals surface area (Å²) < 4.78 is 46.3. The molecule has 21 heavy (non-hydrogen) atoms. The van der Waals surface area contributed by atoms with Gasteiger partial charge in [0.15, 0.2) is 0 Å². The Labute approximate surface area is 128 Å². The molecule has 7 heteroatoms. The highest BCUT2D eigenvalue weighted by molar-refractivity contribution is 8.00. The van der Waals surface area contributed by atoms with Crippen LogP contribution in [0.3, 0.4) is 0 Å². The molecule has 1 aromatic rings. The zero-order valence-corrected chi connectivity index (χ0v) is 13.4. The van der Waals surface area contributed by atoms with Gasteiger partial charge in [-0.05, 0) is 37.1 Å². The highest BCUT2D eigenvalue weighted by Gasteiger charge is 2.41. The predicted octanol–water partition coefficient (Wildman–Crippen LogP) is 2.03. The van der Waals surface area contributed by atoms with E-state index in [4.69, 9.17) is 4.74 Å². The molecule has 0 amide bonds. The van der Waals surface area contributed by atoms with Crippen molar-refractivity contribution >= 4 is 21.8 Å². The van der Waals surface area contributed by atoms with Gasteiger partial charge in [-0.2, -0.15) is 16.1 Å². The number of thioether (sulfide) groups is 1. The van der Waals surface area contributed by atoms with Gasteiger partial charge in [0.05, 0.1) is 11.5 Å². The Morgan fingerprint density at radius 3 is 2.95 bits per heavy atom. The highest BCUT2D eigenvalue weighted by Crippen LogP contribution is 2.34. The van der Waals surface area contributed by atoms with Gasteiger partial charge in [-0.1, -0.05) is 0 Å². The molecule has 0 radical (unpaired) electrons. The largest absolute Gasteiger partial charge is 0.380 e. The quantitative estimate of drug-likeness (QED) is 0.832. The summed E-state index contributed by atoms with van der Waals surface area (Å²) in [4.78, 5) is 0.0529. The number of sulfonamides is 1. The van der Waals surface area contributed by atoms with E-state index in [1.165, 1.54) is 12.1 Å². The first-order valence-corrected chi connectivity index (χ1v) is 9.46. The number of hydrogen-bond acceptors (Lipinski definition) is 4. The number of nitrogens with zero attached hydrogens (tertiary/aromatic N) is 1. The predicted molar refractivity (Wildman–Crippen MR) is 80.5 cm³/mol. The average molecular weight is 331 g/mol. The lowest BCUT2D eigenvalue weighted by atomic mass is 10.1. The molecular weight excluding hydrogens is 313 g/mol. The van der Waals surface area contributed by atoms with E-state index in [1.54, 1.807) is 23.0 Å². The molecule has 0 N–H and O–H groups in total. The van der Waals surface area contributed by atoms with Crippen molar-refractivity contribution in [2.75, 3.05) is 25.5 Å². The van der Waals surface area contributed by atoms with E-state index in [1.807, 2.05) is 0 Å². The van der Waals surface area contributed by atoms with Crippen LogP contribution in [0.1, 0.15) is 12.0 Å². The van der Waals surface area contributed by atoms with Crippen LogP contribution in [0.5, 0.6) is 0 Å². The van der Waals surface area contributed by atoms with Crippen molar-refractivity contribution in [3.63, 3.8) is 0 Å². The van der Waals surface area contributed by atoms with Crippen molar-refractivity contribution in [1.29, 1.82) is 0 Å². The first-order chi connectivity index (χ1) is 9.98. The smallest absolute Gasteiger partial charge is 0.243 e. The van der Waals surface area contributed by atoms with Gasteiger partial charge in [-0.25, -0.2) is 12.8 Å². The lowest BCUT2D eigenvalue weighted by Crippen LogP contribution is -2.54. The van der Waals surface area contributed by atoms with Crippen molar-refractivity contribution in [3.8, 4) is 0 Å². The summed E-state index contributed by atoms with van der Waals surface area (Å²) in [6.07, 6.45) is 0.700. The molecule has 2 aliphatic heterocycles. The fourth-order valence-electron chi connectivity index (χ4n) is 2.93. The molecule has 0 spiro atoms. The second-order valence-corrected chi connectivity index (χ2v) is 8.66. The first-order valence-electron chi connectivity index (χ1n) is 6.97. The number of aryl methyl sites for hydroxylation is 1. The van der Waals surface area contributed by atoms with Gasteiger partial charge in [0.1, 0.15) is 5.82 Å². The van der Waals surface area contributed by atoms with Gasteiger partial charge in [0.2, 0.25) is 10.0 Å². The Morgan fingerprint density at radius 1 is 1.38 bits per heavy atom. The summed E-state index contributed by atoms with van der Waals surface area (Å²) in [6.45, 7) is 3.34. The molecule has 1 aromatic carbocycles. The molecule has 2 fully saturated rings. The maximum absolute atomic E-state index is 13.6. The highest BCUT2D eigenvalue weighted by atomic mass is 32.2. The lowest BCUT2D eigenvalue weighted by Gasteiger charge is -2.42. The number of fused-ring (bicyclic) bond motifs is 1. The number of ether oxygens (including phenoxy) is 1. The van der Waals surface area contributed by atoms with Crippen LogP contribution in [0.4, 0.5) is 4.39 Å². The van der Waals surface area contributed by atoms with Crippen molar-refractivity contribution in [3.05, 3.63) is 29.6 Å². The molecular formula is C14H18FNO3S2. The zero-order chi connectivity index (χ0) is 15.0. The minimum absolute atomic E-state index is 0.0499. The number of hydrogen-bond donors (Lipinski definition) is 0. The van der Waals surface area contributed by atoms with Crippen molar-refractivity contribution in [2.45, 2.75) is 29.5 Å². The van der Waals surface area contributed by atoms with Crippen LogP contribution in [0.15, 0.2) is 23.1 Å². The van der Waals surface area contributed by atoms with E-state index < -0.39 is 15.8 Å². The standard InChI is InChI=1S/C14H18FNO3S2/c1-10-6-11(15)8-12(7-10)21(17,18)16-3-5-20-14-9-19-4-2-13(14)16/h6-8,13-14H,2-5,9H2,1H3/t13-,14+/m1/s1. The molecule has 116 valence electrons. The monoisotopic (exact) mass is 331 g/mol. The fourth-order valence-corrected chi connectivity index (χ4v) is 6.24. The molecule has 0 aromatic heterocycles. The van der Waals surface area contributed by atoms with Gasteiger partial charge >= 0.3 is 0 Å². The summed E-state index contributed by atoms with van der Waals surface area (Å²) in [6, 6.07) is 3.93. The third-order valence-electron chi connectivity index (χ3n) is 3.90. The van der Waals surface area contributed by atoms with E-state index in [0.717, 1.165) is 11.8 Å². The van der Waals surface area contributed by atoms with E-state index in [-0.39, 0.29) is 16.2 Å². The average Bonchev–Trinajstić information content (AvgIpc) is 2.45.